The lowest BCUT2D eigenvalue weighted by atomic mass is 9.79. The van der Waals surface area contributed by atoms with Crippen LogP contribution < -0.4 is 11.1 Å². The van der Waals surface area contributed by atoms with Crippen molar-refractivity contribution in [1.29, 1.82) is 0 Å². The van der Waals surface area contributed by atoms with Crippen molar-refractivity contribution >= 4 is 11.8 Å². The first-order valence-electron chi connectivity index (χ1n) is 8.41. The van der Waals surface area contributed by atoms with Gasteiger partial charge in [-0.05, 0) is 25.7 Å². The van der Waals surface area contributed by atoms with E-state index in [1.165, 1.54) is 19.3 Å². The maximum atomic E-state index is 12.4. The van der Waals surface area contributed by atoms with Crippen LogP contribution in [0.2, 0.25) is 0 Å². The lowest BCUT2D eigenvalue weighted by Crippen LogP contribution is -2.52. The van der Waals surface area contributed by atoms with E-state index in [1.807, 2.05) is 7.05 Å². The molecular formula is C16H29N3O3. The van der Waals surface area contributed by atoms with E-state index in [0.29, 0.717) is 38.6 Å². The summed E-state index contributed by atoms with van der Waals surface area (Å²) < 4.78 is 5.31. The summed E-state index contributed by atoms with van der Waals surface area (Å²) in [6, 6.07) is 0.324. The van der Waals surface area contributed by atoms with Gasteiger partial charge in [0.05, 0.1) is 12.0 Å². The predicted molar refractivity (Wildman–Crippen MR) is 84.2 cm³/mol. The van der Waals surface area contributed by atoms with Crippen LogP contribution in [0.5, 0.6) is 0 Å². The third-order valence-corrected chi connectivity index (χ3v) is 5.24. The zero-order chi connectivity index (χ0) is 16.0. The molecule has 126 valence electrons. The molecule has 2 aliphatic rings. The number of carbonyl (C=O) groups excluding carboxylic acids is 2. The molecule has 6 heteroatoms. The van der Waals surface area contributed by atoms with Crippen LogP contribution >= 0.6 is 0 Å². The molecule has 0 atom stereocenters. The zero-order valence-electron chi connectivity index (χ0n) is 13.6. The van der Waals surface area contributed by atoms with Gasteiger partial charge in [0.25, 0.3) is 0 Å². The summed E-state index contributed by atoms with van der Waals surface area (Å²) in [7, 11) is 1.84. The van der Waals surface area contributed by atoms with Crippen molar-refractivity contribution in [1.82, 2.24) is 10.2 Å². The van der Waals surface area contributed by atoms with Gasteiger partial charge in [-0.25, -0.2) is 0 Å². The maximum Gasteiger partial charge on any atom is 0.241 e. The van der Waals surface area contributed by atoms with Crippen molar-refractivity contribution in [2.75, 3.05) is 33.4 Å². The number of likely N-dealkylation sites (N-methyl/N-ethyl adjacent to an activating group) is 1. The Bertz CT molecular complexity index is 388. The largest absolute Gasteiger partial charge is 0.381 e. The molecule has 1 saturated carbocycles. The van der Waals surface area contributed by atoms with E-state index in [-0.39, 0.29) is 18.4 Å². The molecule has 2 amide bonds. The predicted octanol–water partition coefficient (Wildman–Crippen LogP) is 0.649. The summed E-state index contributed by atoms with van der Waals surface area (Å²) in [5.74, 6) is -0.122. The molecule has 0 bridgehead atoms. The van der Waals surface area contributed by atoms with Crippen molar-refractivity contribution in [2.24, 2.45) is 11.1 Å². The normalized spacial score (nSPS) is 22.1. The van der Waals surface area contributed by atoms with Gasteiger partial charge in [0, 0.05) is 32.8 Å². The molecule has 1 aliphatic heterocycles. The first-order chi connectivity index (χ1) is 10.6. The molecule has 3 N–H and O–H groups in total. The van der Waals surface area contributed by atoms with Gasteiger partial charge >= 0.3 is 0 Å². The number of rotatable bonds is 5. The van der Waals surface area contributed by atoms with Crippen LogP contribution in [-0.4, -0.2) is 56.1 Å². The Balaban J connectivity index is 1.82. The second kappa shape index (κ2) is 7.92. The van der Waals surface area contributed by atoms with E-state index in [9.17, 15) is 9.59 Å². The van der Waals surface area contributed by atoms with E-state index in [2.05, 4.69) is 5.32 Å². The Morgan fingerprint density at radius 1 is 1.23 bits per heavy atom. The highest BCUT2D eigenvalue weighted by Gasteiger charge is 2.39. The fourth-order valence-electron chi connectivity index (χ4n) is 3.43. The Labute approximate surface area is 132 Å². The second-order valence-corrected chi connectivity index (χ2v) is 6.58. The Morgan fingerprint density at radius 3 is 2.45 bits per heavy atom. The molecule has 0 unspecified atom stereocenters. The number of amides is 2. The SMILES string of the molecule is CN(C(=O)CNC(=O)C1(CN)CCOCC1)C1CCCCC1. The molecule has 6 nitrogen and oxygen atoms in total. The van der Waals surface area contributed by atoms with Gasteiger partial charge in [0.15, 0.2) is 0 Å². The minimum Gasteiger partial charge on any atom is -0.381 e. The van der Waals surface area contributed by atoms with Gasteiger partial charge < -0.3 is 20.7 Å². The monoisotopic (exact) mass is 311 g/mol. The van der Waals surface area contributed by atoms with Crippen LogP contribution in [0.15, 0.2) is 0 Å². The highest BCUT2D eigenvalue weighted by atomic mass is 16.5. The standard InChI is InChI=1S/C16H29N3O3/c1-19(13-5-3-2-4-6-13)14(20)11-18-15(21)16(12-17)7-9-22-10-8-16/h13H,2-12,17H2,1H3,(H,18,21). The van der Waals surface area contributed by atoms with E-state index in [0.717, 1.165) is 12.8 Å². The lowest BCUT2D eigenvalue weighted by molar-refractivity contribution is -0.140. The summed E-state index contributed by atoms with van der Waals surface area (Å²) >= 11 is 0. The first kappa shape index (κ1) is 17.2. The topological polar surface area (TPSA) is 84.7 Å². The minimum atomic E-state index is -0.568. The number of hydrogen-bond donors (Lipinski definition) is 2. The van der Waals surface area contributed by atoms with E-state index in [4.69, 9.17) is 10.5 Å². The van der Waals surface area contributed by atoms with Crippen molar-refractivity contribution in [3.05, 3.63) is 0 Å². The maximum absolute atomic E-state index is 12.4. The van der Waals surface area contributed by atoms with Crippen molar-refractivity contribution in [2.45, 2.75) is 51.0 Å². The van der Waals surface area contributed by atoms with Crippen molar-refractivity contribution in [3.8, 4) is 0 Å². The molecule has 2 rings (SSSR count). The Hall–Kier alpha value is -1.14. The molecule has 1 heterocycles. The second-order valence-electron chi connectivity index (χ2n) is 6.58. The van der Waals surface area contributed by atoms with Gasteiger partial charge in [0.1, 0.15) is 0 Å². The van der Waals surface area contributed by atoms with Crippen LogP contribution in [0.25, 0.3) is 0 Å². The minimum absolute atomic E-state index is 0.0144. The fraction of sp³-hybridized carbons (Fsp3) is 0.875. The van der Waals surface area contributed by atoms with Crippen LogP contribution in [0, 0.1) is 5.41 Å². The summed E-state index contributed by atoms with van der Waals surface area (Å²) in [6.07, 6.45) is 7.02. The summed E-state index contributed by atoms with van der Waals surface area (Å²) in [4.78, 5) is 26.5. The first-order valence-corrected chi connectivity index (χ1v) is 8.41. The molecule has 0 aromatic heterocycles. The molecule has 0 spiro atoms. The number of nitrogens with two attached hydrogens (primary N) is 1. The summed E-state index contributed by atoms with van der Waals surface area (Å²) in [6.45, 7) is 1.48. The molecular weight excluding hydrogens is 282 g/mol. The summed E-state index contributed by atoms with van der Waals surface area (Å²) in [5.41, 5.74) is 5.24. The number of ether oxygens (including phenoxy) is 1. The number of nitrogens with zero attached hydrogens (tertiary/aromatic N) is 1. The van der Waals surface area contributed by atoms with Gasteiger partial charge in [-0.3, -0.25) is 9.59 Å². The molecule has 0 radical (unpaired) electrons. The highest BCUT2D eigenvalue weighted by Crippen LogP contribution is 2.29. The number of carbonyl (C=O) groups is 2. The third kappa shape index (κ3) is 3.98. The smallest absolute Gasteiger partial charge is 0.241 e. The molecule has 0 aromatic carbocycles. The zero-order valence-corrected chi connectivity index (χ0v) is 13.6. The Morgan fingerprint density at radius 2 is 1.86 bits per heavy atom. The van der Waals surface area contributed by atoms with E-state index < -0.39 is 5.41 Å². The van der Waals surface area contributed by atoms with Crippen molar-refractivity contribution in [3.63, 3.8) is 0 Å². The fourth-order valence-corrected chi connectivity index (χ4v) is 3.43. The molecule has 0 aromatic rings. The van der Waals surface area contributed by atoms with E-state index in [1.54, 1.807) is 4.90 Å². The van der Waals surface area contributed by atoms with E-state index >= 15 is 0 Å². The lowest BCUT2D eigenvalue weighted by Gasteiger charge is -2.35. The van der Waals surface area contributed by atoms with Gasteiger partial charge in [-0.15, -0.1) is 0 Å². The van der Waals surface area contributed by atoms with Crippen LogP contribution in [0.3, 0.4) is 0 Å². The Kier molecular flexibility index (Phi) is 6.20. The van der Waals surface area contributed by atoms with Crippen LogP contribution in [0.4, 0.5) is 0 Å². The average Bonchev–Trinajstić information content (AvgIpc) is 2.59. The van der Waals surface area contributed by atoms with Crippen LogP contribution in [0.1, 0.15) is 44.9 Å². The molecule has 22 heavy (non-hydrogen) atoms. The average molecular weight is 311 g/mol. The molecule has 2 fully saturated rings. The van der Waals surface area contributed by atoms with Gasteiger partial charge in [0.2, 0.25) is 11.8 Å². The number of nitrogens with one attached hydrogen (secondary N) is 1. The third-order valence-electron chi connectivity index (χ3n) is 5.24. The van der Waals surface area contributed by atoms with Crippen LogP contribution in [-0.2, 0) is 14.3 Å². The van der Waals surface area contributed by atoms with Crippen molar-refractivity contribution < 1.29 is 14.3 Å². The summed E-state index contributed by atoms with van der Waals surface area (Å²) in [5, 5.41) is 2.80. The van der Waals surface area contributed by atoms with Gasteiger partial charge in [-0.1, -0.05) is 19.3 Å². The van der Waals surface area contributed by atoms with Gasteiger partial charge in [-0.2, -0.15) is 0 Å². The quantitative estimate of drug-likeness (QED) is 0.781. The molecule has 1 aliphatic carbocycles. The molecule has 1 saturated heterocycles. The number of hydrogen-bond acceptors (Lipinski definition) is 4. The highest BCUT2D eigenvalue weighted by molar-refractivity contribution is 5.88.